The summed E-state index contributed by atoms with van der Waals surface area (Å²) < 4.78 is 14.0. The van der Waals surface area contributed by atoms with Crippen molar-refractivity contribution in [2.45, 2.75) is 44.9 Å². The average Bonchev–Trinajstić information content (AvgIpc) is 3.07. The van der Waals surface area contributed by atoms with E-state index >= 15 is 0 Å². The van der Waals surface area contributed by atoms with Gasteiger partial charge in [0, 0.05) is 25.2 Å². The predicted molar refractivity (Wildman–Crippen MR) is 105 cm³/mol. The third-order valence-electron chi connectivity index (χ3n) is 5.15. The van der Waals surface area contributed by atoms with E-state index in [2.05, 4.69) is 24.1 Å². The molecule has 1 heterocycles. The molecule has 2 aromatic carbocycles. The molecule has 2 atom stereocenters. The molecule has 1 aliphatic heterocycles. The lowest BCUT2D eigenvalue weighted by Gasteiger charge is -2.32. The molecule has 0 aliphatic carbocycles. The minimum atomic E-state index is -0.928. The third-order valence-corrected chi connectivity index (χ3v) is 5.46. The summed E-state index contributed by atoms with van der Waals surface area (Å²) in [5, 5.41) is 12.7. The summed E-state index contributed by atoms with van der Waals surface area (Å²) in [6.07, 6.45) is 0.959. The Bertz CT molecular complexity index is 810. The molecule has 144 valence electrons. The molecule has 2 aromatic rings. The molecule has 3 rings (SSSR count). The first-order valence-electron chi connectivity index (χ1n) is 9.13. The molecule has 0 spiro atoms. The number of hydrogen-bond donors (Lipinski definition) is 2. The van der Waals surface area contributed by atoms with Gasteiger partial charge in [0.1, 0.15) is 5.82 Å². The Morgan fingerprint density at radius 2 is 2.00 bits per heavy atom. The lowest BCUT2D eigenvalue weighted by molar-refractivity contribution is 0.0697. The van der Waals surface area contributed by atoms with Gasteiger partial charge in [-0.1, -0.05) is 29.8 Å². The van der Waals surface area contributed by atoms with Crippen molar-refractivity contribution in [2.75, 3.05) is 6.54 Å². The van der Waals surface area contributed by atoms with Crippen LogP contribution in [0.1, 0.15) is 47.8 Å². The summed E-state index contributed by atoms with van der Waals surface area (Å²) in [5.74, 6) is -1.32. The SMILES string of the molecule is CC(C)N1CCC(NCc2ccc(C(=O)O)cc2)C1c1ccc(Cl)c(F)c1. The molecule has 1 saturated heterocycles. The first-order chi connectivity index (χ1) is 12.9. The lowest BCUT2D eigenvalue weighted by Crippen LogP contribution is -2.38. The number of hydrogen-bond acceptors (Lipinski definition) is 3. The molecular formula is C21H24ClFN2O2. The third kappa shape index (κ3) is 4.49. The monoisotopic (exact) mass is 390 g/mol. The minimum absolute atomic E-state index is 0.0649. The molecule has 27 heavy (non-hydrogen) atoms. The molecule has 4 nitrogen and oxygen atoms in total. The minimum Gasteiger partial charge on any atom is -0.478 e. The summed E-state index contributed by atoms with van der Waals surface area (Å²) >= 11 is 5.85. The van der Waals surface area contributed by atoms with Gasteiger partial charge in [-0.3, -0.25) is 4.90 Å². The van der Waals surface area contributed by atoms with Gasteiger partial charge in [-0.25, -0.2) is 9.18 Å². The summed E-state index contributed by atoms with van der Waals surface area (Å²) in [4.78, 5) is 13.3. The second kappa shape index (κ2) is 8.38. The van der Waals surface area contributed by atoms with E-state index in [-0.39, 0.29) is 22.7 Å². The van der Waals surface area contributed by atoms with E-state index < -0.39 is 11.8 Å². The number of halogens is 2. The van der Waals surface area contributed by atoms with Crippen molar-refractivity contribution < 1.29 is 14.3 Å². The Balaban J connectivity index is 1.76. The van der Waals surface area contributed by atoms with E-state index in [0.717, 1.165) is 24.1 Å². The zero-order chi connectivity index (χ0) is 19.6. The first-order valence-corrected chi connectivity index (χ1v) is 9.51. The van der Waals surface area contributed by atoms with Crippen molar-refractivity contribution >= 4 is 17.6 Å². The summed E-state index contributed by atoms with van der Waals surface area (Å²) in [6.45, 7) is 5.85. The molecule has 0 amide bonds. The Hall–Kier alpha value is -1.95. The lowest BCUT2D eigenvalue weighted by atomic mass is 9.98. The molecule has 1 fully saturated rings. The van der Waals surface area contributed by atoms with Crippen LogP contribution in [-0.2, 0) is 6.54 Å². The molecule has 0 saturated carbocycles. The second-order valence-electron chi connectivity index (χ2n) is 7.23. The highest BCUT2D eigenvalue weighted by atomic mass is 35.5. The maximum atomic E-state index is 14.0. The van der Waals surface area contributed by atoms with E-state index in [4.69, 9.17) is 16.7 Å². The molecule has 0 aromatic heterocycles. The van der Waals surface area contributed by atoms with Gasteiger partial charge in [-0.2, -0.15) is 0 Å². The molecule has 0 bridgehead atoms. The summed E-state index contributed by atoms with van der Waals surface area (Å²) in [6, 6.07) is 12.5. The van der Waals surface area contributed by atoms with Gasteiger partial charge in [0.25, 0.3) is 0 Å². The van der Waals surface area contributed by atoms with Gasteiger partial charge in [0.2, 0.25) is 0 Å². The van der Waals surface area contributed by atoms with Crippen LogP contribution >= 0.6 is 11.6 Å². The largest absolute Gasteiger partial charge is 0.478 e. The smallest absolute Gasteiger partial charge is 0.335 e. The van der Waals surface area contributed by atoms with Crippen molar-refractivity contribution in [3.63, 3.8) is 0 Å². The van der Waals surface area contributed by atoms with E-state index in [0.29, 0.717) is 12.6 Å². The van der Waals surface area contributed by atoms with E-state index in [9.17, 15) is 9.18 Å². The summed E-state index contributed by atoms with van der Waals surface area (Å²) in [7, 11) is 0. The maximum Gasteiger partial charge on any atom is 0.335 e. The molecule has 6 heteroatoms. The molecule has 2 N–H and O–H groups in total. The van der Waals surface area contributed by atoms with Crippen LogP contribution in [0, 0.1) is 5.82 Å². The quantitative estimate of drug-likeness (QED) is 0.763. The topological polar surface area (TPSA) is 52.6 Å². The van der Waals surface area contributed by atoms with Crippen LogP contribution in [0.3, 0.4) is 0 Å². The fraction of sp³-hybridized carbons (Fsp3) is 0.381. The number of benzene rings is 2. The van der Waals surface area contributed by atoms with Crippen molar-refractivity contribution in [1.29, 1.82) is 0 Å². The van der Waals surface area contributed by atoms with Crippen LogP contribution in [0.15, 0.2) is 42.5 Å². The molecule has 2 unspecified atom stereocenters. The fourth-order valence-corrected chi connectivity index (χ4v) is 3.86. The Morgan fingerprint density at radius 1 is 1.30 bits per heavy atom. The van der Waals surface area contributed by atoms with Crippen molar-refractivity contribution in [3.8, 4) is 0 Å². The van der Waals surface area contributed by atoms with Crippen LogP contribution in [0.5, 0.6) is 0 Å². The van der Waals surface area contributed by atoms with Crippen LogP contribution < -0.4 is 5.32 Å². The normalized spacial score (nSPS) is 20.3. The molecular weight excluding hydrogens is 367 g/mol. The number of nitrogens with zero attached hydrogens (tertiary/aromatic N) is 1. The van der Waals surface area contributed by atoms with Gasteiger partial charge in [0.15, 0.2) is 0 Å². The Labute approximate surface area is 164 Å². The predicted octanol–water partition coefficient (Wildman–Crippen LogP) is 4.49. The van der Waals surface area contributed by atoms with Gasteiger partial charge < -0.3 is 10.4 Å². The van der Waals surface area contributed by atoms with Crippen LogP contribution in [0.25, 0.3) is 0 Å². The summed E-state index contributed by atoms with van der Waals surface area (Å²) in [5.41, 5.74) is 2.21. The number of carbonyl (C=O) groups is 1. The number of carboxylic acid groups (broad SMARTS) is 1. The zero-order valence-corrected chi connectivity index (χ0v) is 16.2. The van der Waals surface area contributed by atoms with E-state index in [1.807, 2.05) is 18.2 Å². The molecule has 0 radical (unpaired) electrons. The van der Waals surface area contributed by atoms with Gasteiger partial charge >= 0.3 is 5.97 Å². The van der Waals surface area contributed by atoms with Crippen molar-refractivity contribution in [1.82, 2.24) is 10.2 Å². The number of nitrogens with one attached hydrogen (secondary N) is 1. The van der Waals surface area contributed by atoms with E-state index in [1.54, 1.807) is 18.2 Å². The number of rotatable bonds is 6. The Morgan fingerprint density at radius 3 is 2.59 bits per heavy atom. The van der Waals surface area contributed by atoms with Gasteiger partial charge in [-0.15, -0.1) is 0 Å². The Kier molecular flexibility index (Phi) is 6.15. The van der Waals surface area contributed by atoms with Crippen LogP contribution in [0.2, 0.25) is 5.02 Å². The van der Waals surface area contributed by atoms with Crippen molar-refractivity contribution in [2.24, 2.45) is 0 Å². The average molecular weight is 391 g/mol. The van der Waals surface area contributed by atoms with E-state index in [1.165, 1.54) is 6.07 Å². The number of carboxylic acids is 1. The van der Waals surface area contributed by atoms with Gasteiger partial charge in [-0.05, 0) is 55.7 Å². The number of likely N-dealkylation sites (tertiary alicyclic amines) is 1. The fourth-order valence-electron chi connectivity index (χ4n) is 3.74. The zero-order valence-electron chi connectivity index (χ0n) is 15.5. The van der Waals surface area contributed by atoms with Crippen LogP contribution in [0.4, 0.5) is 4.39 Å². The second-order valence-corrected chi connectivity index (χ2v) is 7.64. The standard InChI is InChI=1S/C21H24ClFN2O2/c1-13(2)25-10-9-19(20(25)16-7-8-17(22)18(23)11-16)24-12-14-3-5-15(6-4-14)21(26)27/h3-8,11,13,19-20,24H,9-10,12H2,1-2H3,(H,26,27). The highest BCUT2D eigenvalue weighted by Crippen LogP contribution is 2.35. The first kappa shape index (κ1) is 19.8. The molecule has 1 aliphatic rings. The number of aromatic carboxylic acids is 1. The van der Waals surface area contributed by atoms with Gasteiger partial charge in [0.05, 0.1) is 16.6 Å². The highest BCUT2D eigenvalue weighted by Gasteiger charge is 2.36. The highest BCUT2D eigenvalue weighted by molar-refractivity contribution is 6.30. The maximum absolute atomic E-state index is 14.0. The van der Waals surface area contributed by atoms with Crippen LogP contribution in [-0.4, -0.2) is 34.6 Å². The van der Waals surface area contributed by atoms with Crippen molar-refractivity contribution in [3.05, 3.63) is 70.0 Å².